The maximum Gasteiger partial charge on any atom is 0.206 e. The molecule has 0 atom stereocenters. The van der Waals surface area contributed by atoms with Gasteiger partial charge in [-0.1, -0.05) is 40.2 Å². The van der Waals surface area contributed by atoms with E-state index in [0.29, 0.717) is 5.56 Å². The minimum absolute atomic E-state index is 0. The fraction of sp³-hybridized carbons (Fsp3) is 0.227. The SMILES string of the molecule is Cl.Cl.Cl.O=C(c1ccc(S(=O)(=O)c2ccc3cc(Br)ccc3c2)cc1)C1CCNCC1. The summed E-state index contributed by atoms with van der Waals surface area (Å²) in [6.45, 7) is 1.70. The lowest BCUT2D eigenvalue weighted by molar-refractivity contribution is 0.0895. The highest BCUT2D eigenvalue weighted by atomic mass is 79.9. The van der Waals surface area contributed by atoms with Crippen LogP contribution in [-0.4, -0.2) is 27.3 Å². The van der Waals surface area contributed by atoms with Crippen LogP contribution in [0.4, 0.5) is 0 Å². The summed E-state index contributed by atoms with van der Waals surface area (Å²) in [4.78, 5) is 13.1. The van der Waals surface area contributed by atoms with E-state index in [4.69, 9.17) is 0 Å². The average Bonchev–Trinajstić information content (AvgIpc) is 2.73. The number of carbonyl (C=O) groups is 1. The quantitative estimate of drug-likeness (QED) is 0.400. The summed E-state index contributed by atoms with van der Waals surface area (Å²) in [7, 11) is -3.64. The third-order valence-corrected chi connectivity index (χ3v) is 7.50. The lowest BCUT2D eigenvalue weighted by atomic mass is 9.90. The Hall–Kier alpha value is -1.15. The van der Waals surface area contributed by atoms with Crippen molar-refractivity contribution >= 4 is 79.5 Å². The van der Waals surface area contributed by atoms with E-state index in [-0.39, 0.29) is 58.7 Å². The van der Waals surface area contributed by atoms with E-state index in [0.717, 1.165) is 41.2 Å². The molecular formula is C22H23BrCl3NO3S. The Morgan fingerprint density at radius 3 is 2.00 bits per heavy atom. The van der Waals surface area contributed by atoms with E-state index in [9.17, 15) is 13.2 Å². The predicted molar refractivity (Wildman–Crippen MR) is 135 cm³/mol. The Bertz CT molecular complexity index is 1150. The molecule has 31 heavy (non-hydrogen) atoms. The fourth-order valence-corrected chi connectivity index (χ4v) is 5.29. The van der Waals surface area contributed by atoms with Gasteiger partial charge in [-0.3, -0.25) is 4.79 Å². The number of benzene rings is 3. The van der Waals surface area contributed by atoms with Crippen LogP contribution < -0.4 is 5.32 Å². The zero-order valence-corrected chi connectivity index (χ0v) is 21.3. The second-order valence-electron chi connectivity index (χ2n) is 7.07. The molecule has 168 valence electrons. The van der Waals surface area contributed by atoms with Gasteiger partial charge in [0.25, 0.3) is 0 Å². The first-order chi connectivity index (χ1) is 13.4. The first-order valence-electron chi connectivity index (χ1n) is 9.24. The monoisotopic (exact) mass is 565 g/mol. The summed E-state index contributed by atoms with van der Waals surface area (Å²) in [6, 6.07) is 17.2. The standard InChI is InChI=1S/C22H20BrNO3S.3ClH/c23-19-5-1-18-14-21(8-4-17(18)13-19)28(26,27)20-6-2-15(3-7-20)22(25)16-9-11-24-12-10-16;;;/h1-8,13-14,16,24H,9-12H2;3*1H. The van der Waals surface area contributed by atoms with Gasteiger partial charge in [0.05, 0.1) is 9.79 Å². The molecule has 1 N–H and O–H groups in total. The highest BCUT2D eigenvalue weighted by Gasteiger charge is 2.23. The molecular weight excluding hydrogens is 545 g/mol. The van der Waals surface area contributed by atoms with Gasteiger partial charge in [-0.2, -0.15) is 0 Å². The van der Waals surface area contributed by atoms with Crippen LogP contribution in [0, 0.1) is 5.92 Å². The fourth-order valence-electron chi connectivity index (χ4n) is 3.62. The van der Waals surface area contributed by atoms with Gasteiger partial charge in [-0.15, -0.1) is 37.2 Å². The number of piperidine rings is 1. The molecule has 1 aliphatic heterocycles. The molecule has 4 rings (SSSR count). The van der Waals surface area contributed by atoms with Gasteiger partial charge in [-0.05, 0) is 73.1 Å². The van der Waals surface area contributed by atoms with Crippen LogP contribution >= 0.6 is 53.2 Å². The van der Waals surface area contributed by atoms with Crippen molar-refractivity contribution in [1.82, 2.24) is 5.32 Å². The number of hydrogen-bond acceptors (Lipinski definition) is 4. The summed E-state index contributed by atoms with van der Waals surface area (Å²) in [5.74, 6) is 0.116. The van der Waals surface area contributed by atoms with Crippen LogP contribution in [0.3, 0.4) is 0 Å². The smallest absolute Gasteiger partial charge is 0.206 e. The van der Waals surface area contributed by atoms with Gasteiger partial charge >= 0.3 is 0 Å². The Kier molecular flexibility index (Phi) is 10.5. The van der Waals surface area contributed by atoms with Gasteiger partial charge in [0.1, 0.15) is 0 Å². The molecule has 0 unspecified atom stereocenters. The first-order valence-corrected chi connectivity index (χ1v) is 11.5. The molecule has 0 radical (unpaired) electrons. The third-order valence-electron chi connectivity index (χ3n) is 5.24. The summed E-state index contributed by atoms with van der Waals surface area (Å²) >= 11 is 3.42. The van der Waals surface area contributed by atoms with Crippen LogP contribution in [0.25, 0.3) is 10.8 Å². The number of fused-ring (bicyclic) bond motifs is 1. The van der Waals surface area contributed by atoms with Crippen molar-refractivity contribution in [2.45, 2.75) is 22.6 Å². The van der Waals surface area contributed by atoms with E-state index < -0.39 is 9.84 Å². The minimum atomic E-state index is -3.64. The molecule has 1 fully saturated rings. The van der Waals surface area contributed by atoms with Gasteiger partial charge in [0.15, 0.2) is 5.78 Å². The number of rotatable bonds is 4. The first kappa shape index (κ1) is 27.9. The molecule has 1 aliphatic rings. The van der Waals surface area contributed by atoms with Crippen LogP contribution in [0.5, 0.6) is 0 Å². The summed E-state index contributed by atoms with van der Waals surface area (Å²) < 4.78 is 27.0. The second-order valence-corrected chi connectivity index (χ2v) is 9.93. The second kappa shape index (κ2) is 11.6. The molecule has 0 aromatic heterocycles. The number of Topliss-reactive ketones (excluding diaryl/α,β-unsaturated/α-hetero) is 1. The summed E-state index contributed by atoms with van der Waals surface area (Å²) in [6.07, 6.45) is 1.65. The molecule has 1 heterocycles. The maximum atomic E-state index is 13.0. The van der Waals surface area contributed by atoms with Gasteiger partial charge in [0.2, 0.25) is 9.84 Å². The lowest BCUT2D eigenvalue weighted by Gasteiger charge is -2.21. The number of hydrogen-bond donors (Lipinski definition) is 1. The Morgan fingerprint density at radius 2 is 1.35 bits per heavy atom. The maximum absolute atomic E-state index is 13.0. The molecule has 0 bridgehead atoms. The van der Waals surface area contributed by atoms with Crippen molar-refractivity contribution in [3.63, 3.8) is 0 Å². The van der Waals surface area contributed by atoms with Crippen molar-refractivity contribution < 1.29 is 13.2 Å². The molecule has 1 saturated heterocycles. The van der Waals surface area contributed by atoms with Crippen molar-refractivity contribution in [1.29, 1.82) is 0 Å². The number of halogens is 4. The molecule has 3 aromatic carbocycles. The van der Waals surface area contributed by atoms with Crippen molar-refractivity contribution in [2.24, 2.45) is 5.92 Å². The highest BCUT2D eigenvalue weighted by molar-refractivity contribution is 9.10. The molecule has 3 aromatic rings. The summed E-state index contributed by atoms with van der Waals surface area (Å²) in [5.41, 5.74) is 0.578. The zero-order valence-electron chi connectivity index (χ0n) is 16.4. The zero-order chi connectivity index (χ0) is 19.7. The molecule has 0 aliphatic carbocycles. The Morgan fingerprint density at radius 1 is 0.806 bits per heavy atom. The van der Waals surface area contributed by atoms with E-state index in [1.165, 1.54) is 12.1 Å². The van der Waals surface area contributed by atoms with Crippen LogP contribution in [-0.2, 0) is 9.84 Å². The van der Waals surface area contributed by atoms with E-state index in [2.05, 4.69) is 21.2 Å². The Balaban J connectivity index is 0.00000160. The normalized spacial score (nSPS) is 14.1. The predicted octanol–water partition coefficient (Wildman–Crippen LogP) is 5.88. The van der Waals surface area contributed by atoms with Gasteiger partial charge < -0.3 is 5.32 Å². The number of ketones is 1. The topological polar surface area (TPSA) is 63.2 Å². The van der Waals surface area contributed by atoms with Crippen molar-refractivity contribution in [2.75, 3.05) is 13.1 Å². The van der Waals surface area contributed by atoms with Crippen LogP contribution in [0.15, 0.2) is 74.9 Å². The highest BCUT2D eigenvalue weighted by Crippen LogP contribution is 2.27. The van der Waals surface area contributed by atoms with Crippen molar-refractivity contribution in [3.8, 4) is 0 Å². The van der Waals surface area contributed by atoms with Crippen LogP contribution in [0.1, 0.15) is 23.2 Å². The summed E-state index contributed by atoms with van der Waals surface area (Å²) in [5, 5.41) is 5.08. The average molecular weight is 568 g/mol. The third kappa shape index (κ3) is 6.01. The molecule has 9 heteroatoms. The molecule has 0 spiro atoms. The largest absolute Gasteiger partial charge is 0.317 e. The Labute approximate surface area is 209 Å². The van der Waals surface area contributed by atoms with E-state index in [1.807, 2.05) is 24.3 Å². The minimum Gasteiger partial charge on any atom is -0.317 e. The van der Waals surface area contributed by atoms with E-state index in [1.54, 1.807) is 24.3 Å². The number of nitrogens with one attached hydrogen (secondary N) is 1. The molecule has 0 saturated carbocycles. The lowest BCUT2D eigenvalue weighted by Crippen LogP contribution is -2.31. The molecule has 4 nitrogen and oxygen atoms in total. The molecule has 0 amide bonds. The number of carbonyl (C=O) groups excluding carboxylic acids is 1. The van der Waals surface area contributed by atoms with Crippen molar-refractivity contribution in [3.05, 3.63) is 70.7 Å². The van der Waals surface area contributed by atoms with Gasteiger partial charge in [-0.25, -0.2) is 8.42 Å². The van der Waals surface area contributed by atoms with E-state index >= 15 is 0 Å². The van der Waals surface area contributed by atoms with Crippen LogP contribution in [0.2, 0.25) is 0 Å². The number of sulfone groups is 1. The van der Waals surface area contributed by atoms with Gasteiger partial charge in [0, 0.05) is 16.0 Å².